The van der Waals surface area contributed by atoms with E-state index in [1.165, 1.54) is 32.8 Å². The van der Waals surface area contributed by atoms with Crippen molar-refractivity contribution in [1.29, 1.82) is 0 Å². The third kappa shape index (κ3) is 8.25. The van der Waals surface area contributed by atoms with E-state index < -0.39 is 5.97 Å². The molecule has 0 fully saturated rings. The molecule has 0 heterocycles. The lowest BCUT2D eigenvalue weighted by atomic mass is 10.2. The number of anilines is 2. The first-order valence-electron chi connectivity index (χ1n) is 10.1. The van der Waals surface area contributed by atoms with Crippen molar-refractivity contribution in [2.75, 3.05) is 30.9 Å². The maximum atomic E-state index is 12.1. The molecule has 2 N–H and O–H groups in total. The largest absolute Gasteiger partial charge is 0.494 e. The van der Waals surface area contributed by atoms with Gasteiger partial charge < -0.3 is 20.1 Å². The average Bonchev–Trinajstić information content (AvgIpc) is 2.75. The Hall–Kier alpha value is -3.02. The third-order valence-electron chi connectivity index (χ3n) is 4.41. The van der Waals surface area contributed by atoms with Crippen molar-refractivity contribution in [3.8, 4) is 5.75 Å². The number of esters is 1. The van der Waals surface area contributed by atoms with Crippen molar-refractivity contribution in [2.45, 2.75) is 39.0 Å². The van der Waals surface area contributed by atoms with Crippen LogP contribution in [0.3, 0.4) is 0 Å². The van der Waals surface area contributed by atoms with Crippen molar-refractivity contribution in [3.05, 3.63) is 54.1 Å². The molecule has 29 heavy (non-hydrogen) atoms. The Morgan fingerprint density at radius 3 is 2.17 bits per heavy atom. The maximum Gasteiger partial charge on any atom is 0.337 e. The van der Waals surface area contributed by atoms with Crippen LogP contribution >= 0.6 is 0 Å². The Labute approximate surface area is 172 Å². The summed E-state index contributed by atoms with van der Waals surface area (Å²) in [7, 11) is 1.33. The molecule has 1 amide bonds. The van der Waals surface area contributed by atoms with Crippen LogP contribution < -0.4 is 15.4 Å². The molecule has 0 radical (unpaired) electrons. The zero-order valence-corrected chi connectivity index (χ0v) is 17.2. The zero-order valence-electron chi connectivity index (χ0n) is 17.2. The van der Waals surface area contributed by atoms with Crippen molar-refractivity contribution >= 4 is 23.3 Å². The molecule has 0 aliphatic carbocycles. The highest BCUT2D eigenvalue weighted by atomic mass is 16.5. The average molecular weight is 399 g/mol. The summed E-state index contributed by atoms with van der Waals surface area (Å²) in [6, 6.07) is 14.1. The van der Waals surface area contributed by atoms with Crippen LogP contribution in [0, 0.1) is 0 Å². The molecule has 156 valence electrons. The number of nitrogens with one attached hydrogen (secondary N) is 2. The Morgan fingerprint density at radius 1 is 0.862 bits per heavy atom. The van der Waals surface area contributed by atoms with Crippen LogP contribution in [0.4, 0.5) is 11.4 Å². The summed E-state index contributed by atoms with van der Waals surface area (Å²) in [4.78, 5) is 23.5. The van der Waals surface area contributed by atoms with Gasteiger partial charge in [0, 0.05) is 11.4 Å². The van der Waals surface area contributed by atoms with Crippen LogP contribution in [0.1, 0.15) is 49.4 Å². The molecule has 0 spiro atoms. The predicted octanol–water partition coefficient (Wildman–Crippen LogP) is 4.87. The number of hydrogen-bond acceptors (Lipinski definition) is 5. The van der Waals surface area contributed by atoms with E-state index in [4.69, 9.17) is 4.74 Å². The summed E-state index contributed by atoms with van der Waals surface area (Å²) in [5, 5.41) is 5.86. The van der Waals surface area contributed by atoms with Gasteiger partial charge in [0.25, 0.3) is 0 Å². The van der Waals surface area contributed by atoms with Gasteiger partial charge in [0.1, 0.15) is 5.75 Å². The normalized spacial score (nSPS) is 10.3. The minimum Gasteiger partial charge on any atom is -0.494 e. The summed E-state index contributed by atoms with van der Waals surface area (Å²) in [6.45, 7) is 3.07. The molecule has 6 nitrogen and oxygen atoms in total. The van der Waals surface area contributed by atoms with Gasteiger partial charge in [-0.2, -0.15) is 0 Å². The number of ether oxygens (including phenoxy) is 2. The van der Waals surface area contributed by atoms with Gasteiger partial charge in [-0.15, -0.1) is 0 Å². The fraction of sp³-hybridized carbons (Fsp3) is 0.391. The molecule has 2 aromatic carbocycles. The number of rotatable bonds is 12. The van der Waals surface area contributed by atoms with E-state index in [0.29, 0.717) is 11.3 Å². The van der Waals surface area contributed by atoms with Crippen LogP contribution in [0.25, 0.3) is 0 Å². The minimum atomic E-state index is -0.409. The molecular weight excluding hydrogens is 368 g/mol. The number of carbonyl (C=O) groups is 2. The first-order valence-corrected chi connectivity index (χ1v) is 10.1. The Morgan fingerprint density at radius 2 is 1.52 bits per heavy atom. The van der Waals surface area contributed by atoms with E-state index in [9.17, 15) is 9.59 Å². The third-order valence-corrected chi connectivity index (χ3v) is 4.41. The van der Waals surface area contributed by atoms with Gasteiger partial charge in [-0.05, 0) is 55.0 Å². The second-order valence-electron chi connectivity index (χ2n) is 6.76. The smallest absolute Gasteiger partial charge is 0.337 e. The monoisotopic (exact) mass is 398 g/mol. The van der Waals surface area contributed by atoms with Gasteiger partial charge >= 0.3 is 5.97 Å². The maximum absolute atomic E-state index is 12.1. The number of amides is 1. The van der Waals surface area contributed by atoms with Crippen molar-refractivity contribution in [1.82, 2.24) is 0 Å². The topological polar surface area (TPSA) is 76.7 Å². The molecule has 0 aliphatic heterocycles. The molecule has 6 heteroatoms. The van der Waals surface area contributed by atoms with Crippen LogP contribution in [0.15, 0.2) is 48.5 Å². The summed E-state index contributed by atoms with van der Waals surface area (Å²) < 4.78 is 10.4. The first-order chi connectivity index (χ1) is 14.1. The second kappa shape index (κ2) is 12.4. The molecule has 0 aliphatic rings. The Balaban J connectivity index is 1.69. The minimum absolute atomic E-state index is 0.135. The van der Waals surface area contributed by atoms with Crippen molar-refractivity contribution in [2.24, 2.45) is 0 Å². The van der Waals surface area contributed by atoms with E-state index in [2.05, 4.69) is 22.3 Å². The highest BCUT2D eigenvalue weighted by molar-refractivity contribution is 5.95. The summed E-state index contributed by atoms with van der Waals surface area (Å²) >= 11 is 0. The van der Waals surface area contributed by atoms with E-state index in [1.807, 2.05) is 24.3 Å². The number of hydrogen-bond donors (Lipinski definition) is 2. The first kappa shape index (κ1) is 22.3. The Kier molecular flexibility index (Phi) is 9.55. The van der Waals surface area contributed by atoms with Gasteiger partial charge in [-0.25, -0.2) is 4.79 Å². The molecule has 0 atom stereocenters. The molecule has 0 saturated carbocycles. The molecule has 0 aromatic heterocycles. The van der Waals surface area contributed by atoms with Crippen LogP contribution in [0.5, 0.6) is 5.75 Å². The van der Waals surface area contributed by atoms with Crippen LogP contribution in [-0.4, -0.2) is 32.1 Å². The van der Waals surface area contributed by atoms with Crippen LogP contribution in [-0.2, 0) is 9.53 Å². The number of unbranched alkanes of at least 4 members (excludes halogenated alkanes) is 4. The lowest BCUT2D eigenvalue weighted by Gasteiger charge is -2.10. The number of carbonyl (C=O) groups excluding carboxylic acids is 2. The number of methoxy groups -OCH3 is 1. The van der Waals surface area contributed by atoms with Gasteiger partial charge in [0.15, 0.2) is 0 Å². The predicted molar refractivity (Wildman–Crippen MR) is 116 cm³/mol. The highest BCUT2D eigenvalue weighted by Gasteiger charge is 2.06. The van der Waals surface area contributed by atoms with Crippen LogP contribution in [0.2, 0.25) is 0 Å². The van der Waals surface area contributed by atoms with E-state index in [0.717, 1.165) is 24.5 Å². The fourth-order valence-electron chi connectivity index (χ4n) is 2.76. The van der Waals surface area contributed by atoms with E-state index in [-0.39, 0.29) is 12.5 Å². The molecule has 0 unspecified atom stereocenters. The molecule has 2 aromatic rings. The number of benzene rings is 2. The summed E-state index contributed by atoms with van der Waals surface area (Å²) in [5.74, 6) is 0.248. The molecule has 2 rings (SSSR count). The summed E-state index contributed by atoms with van der Waals surface area (Å²) in [5.41, 5.74) is 1.90. The molecule has 0 bridgehead atoms. The lowest BCUT2D eigenvalue weighted by Crippen LogP contribution is -2.21. The van der Waals surface area contributed by atoms with Gasteiger partial charge in [-0.3, -0.25) is 4.79 Å². The van der Waals surface area contributed by atoms with Gasteiger partial charge in [0.05, 0.1) is 25.8 Å². The van der Waals surface area contributed by atoms with Gasteiger partial charge in [0.2, 0.25) is 5.91 Å². The van der Waals surface area contributed by atoms with Gasteiger partial charge in [-0.1, -0.05) is 32.6 Å². The molecule has 0 saturated heterocycles. The SMILES string of the molecule is CCCCCCCOc1ccc(NCC(=O)Nc2ccc(C(=O)OC)cc2)cc1. The van der Waals surface area contributed by atoms with E-state index >= 15 is 0 Å². The van der Waals surface area contributed by atoms with E-state index in [1.54, 1.807) is 24.3 Å². The quantitative estimate of drug-likeness (QED) is 0.394. The lowest BCUT2D eigenvalue weighted by molar-refractivity contribution is -0.114. The second-order valence-corrected chi connectivity index (χ2v) is 6.76. The highest BCUT2D eigenvalue weighted by Crippen LogP contribution is 2.16. The molecular formula is C23H30N2O4. The fourth-order valence-corrected chi connectivity index (χ4v) is 2.76. The van der Waals surface area contributed by atoms with Crippen molar-refractivity contribution in [3.63, 3.8) is 0 Å². The Bertz CT molecular complexity index is 757. The van der Waals surface area contributed by atoms with Crippen molar-refractivity contribution < 1.29 is 19.1 Å². The summed E-state index contributed by atoms with van der Waals surface area (Å²) in [6.07, 6.45) is 6.07. The standard InChI is InChI=1S/C23H30N2O4/c1-3-4-5-6-7-16-29-21-14-12-19(13-15-21)24-17-22(26)25-20-10-8-18(9-11-20)23(27)28-2/h8-15,24H,3-7,16-17H2,1-2H3,(H,25,26). The zero-order chi connectivity index (χ0) is 20.9.